The van der Waals surface area contributed by atoms with Crippen LogP contribution in [-0.2, 0) is 11.2 Å². The Hall–Kier alpha value is -2.67. The first kappa shape index (κ1) is 17.2. The van der Waals surface area contributed by atoms with E-state index in [4.69, 9.17) is 9.26 Å². The number of hydrogen-bond acceptors (Lipinski definition) is 6. The molecular formula is C18H19N3O3S. The zero-order valence-electron chi connectivity index (χ0n) is 13.9. The van der Waals surface area contributed by atoms with Crippen molar-refractivity contribution in [2.45, 2.75) is 26.2 Å². The third kappa shape index (κ3) is 4.90. The first-order valence-corrected chi connectivity index (χ1v) is 9.01. The molecule has 0 aliphatic carbocycles. The van der Waals surface area contributed by atoms with Gasteiger partial charge in [-0.2, -0.15) is 4.98 Å². The number of aromatic nitrogens is 2. The van der Waals surface area contributed by atoms with Crippen molar-refractivity contribution in [1.82, 2.24) is 10.1 Å². The van der Waals surface area contributed by atoms with Crippen LogP contribution >= 0.6 is 11.3 Å². The summed E-state index contributed by atoms with van der Waals surface area (Å²) in [6.45, 7) is 2.55. The van der Waals surface area contributed by atoms with Crippen LogP contribution in [0.4, 0.5) is 5.69 Å². The summed E-state index contributed by atoms with van der Waals surface area (Å²) in [5.74, 6) is 1.90. The largest absolute Gasteiger partial charge is 0.494 e. The van der Waals surface area contributed by atoms with Crippen molar-refractivity contribution in [2.75, 3.05) is 11.9 Å². The van der Waals surface area contributed by atoms with Gasteiger partial charge in [-0.15, -0.1) is 11.3 Å². The summed E-state index contributed by atoms with van der Waals surface area (Å²) < 4.78 is 10.6. The average molecular weight is 357 g/mol. The number of carbonyl (C=O) groups is 1. The van der Waals surface area contributed by atoms with E-state index in [1.54, 1.807) is 11.3 Å². The number of rotatable bonds is 8. The van der Waals surface area contributed by atoms with Gasteiger partial charge in [-0.3, -0.25) is 4.79 Å². The van der Waals surface area contributed by atoms with Gasteiger partial charge in [-0.1, -0.05) is 11.2 Å². The number of amides is 1. The predicted octanol–water partition coefficient (Wildman–Crippen LogP) is 4.16. The van der Waals surface area contributed by atoms with E-state index in [1.807, 2.05) is 48.7 Å². The van der Waals surface area contributed by atoms with Crippen LogP contribution in [0.3, 0.4) is 0 Å². The number of ether oxygens (including phenoxy) is 1. The Morgan fingerprint density at radius 2 is 2.12 bits per heavy atom. The van der Waals surface area contributed by atoms with Gasteiger partial charge in [0, 0.05) is 18.5 Å². The van der Waals surface area contributed by atoms with E-state index in [1.165, 1.54) is 0 Å². The molecule has 0 atom stereocenters. The lowest BCUT2D eigenvalue weighted by Gasteiger charge is -2.06. The predicted molar refractivity (Wildman–Crippen MR) is 96.8 cm³/mol. The molecule has 3 aromatic rings. The molecule has 130 valence electrons. The Kier molecular flexibility index (Phi) is 5.79. The van der Waals surface area contributed by atoms with E-state index in [-0.39, 0.29) is 5.91 Å². The first-order chi connectivity index (χ1) is 12.2. The molecule has 0 unspecified atom stereocenters. The van der Waals surface area contributed by atoms with Crippen molar-refractivity contribution >= 4 is 22.9 Å². The van der Waals surface area contributed by atoms with E-state index in [9.17, 15) is 4.79 Å². The molecule has 1 N–H and O–H groups in total. The number of carbonyl (C=O) groups excluding carboxylic acids is 1. The second-order valence-corrected chi connectivity index (χ2v) is 6.30. The van der Waals surface area contributed by atoms with Crippen molar-refractivity contribution in [3.8, 4) is 16.5 Å². The minimum atomic E-state index is -0.0397. The second-order valence-electron chi connectivity index (χ2n) is 5.35. The Balaban J connectivity index is 1.43. The van der Waals surface area contributed by atoms with Gasteiger partial charge in [0.25, 0.3) is 0 Å². The average Bonchev–Trinajstić information content (AvgIpc) is 3.28. The van der Waals surface area contributed by atoms with Crippen LogP contribution in [-0.4, -0.2) is 22.7 Å². The molecule has 1 aromatic carbocycles. The normalized spacial score (nSPS) is 10.6. The molecule has 25 heavy (non-hydrogen) atoms. The Labute approximate surface area is 149 Å². The highest BCUT2D eigenvalue weighted by Crippen LogP contribution is 2.21. The maximum Gasteiger partial charge on any atom is 0.226 e. The number of anilines is 1. The Bertz CT molecular complexity index is 797. The van der Waals surface area contributed by atoms with Crippen molar-refractivity contribution in [3.05, 3.63) is 47.7 Å². The lowest BCUT2D eigenvalue weighted by atomic mass is 10.2. The number of hydrogen-bond donors (Lipinski definition) is 1. The standard InChI is InChI=1S/C18H19N3O3S/c1-2-23-14-10-8-13(9-11-14)19-16(22)6-3-7-17-20-18(21-24-17)15-5-4-12-25-15/h4-5,8-12H,2-3,6-7H2,1H3,(H,19,22). The summed E-state index contributed by atoms with van der Waals surface area (Å²) in [7, 11) is 0. The molecule has 2 aromatic heterocycles. The maximum absolute atomic E-state index is 12.0. The van der Waals surface area contributed by atoms with Gasteiger partial charge in [-0.25, -0.2) is 0 Å². The number of aryl methyl sites for hydroxylation is 1. The minimum Gasteiger partial charge on any atom is -0.494 e. The van der Waals surface area contributed by atoms with Gasteiger partial charge < -0.3 is 14.6 Å². The smallest absolute Gasteiger partial charge is 0.226 e. The van der Waals surface area contributed by atoms with Gasteiger partial charge in [-0.05, 0) is 49.1 Å². The zero-order chi connectivity index (χ0) is 17.5. The Morgan fingerprint density at radius 3 is 2.84 bits per heavy atom. The molecule has 0 saturated carbocycles. The fourth-order valence-electron chi connectivity index (χ4n) is 2.29. The lowest BCUT2D eigenvalue weighted by molar-refractivity contribution is -0.116. The molecule has 0 bridgehead atoms. The molecule has 7 heteroatoms. The molecule has 6 nitrogen and oxygen atoms in total. The van der Waals surface area contributed by atoms with E-state index in [2.05, 4.69) is 15.5 Å². The van der Waals surface area contributed by atoms with E-state index in [0.717, 1.165) is 16.3 Å². The van der Waals surface area contributed by atoms with Gasteiger partial charge in [0.15, 0.2) is 0 Å². The van der Waals surface area contributed by atoms with Crippen LogP contribution in [0.1, 0.15) is 25.7 Å². The monoisotopic (exact) mass is 357 g/mol. The van der Waals surface area contributed by atoms with Gasteiger partial charge in [0.1, 0.15) is 5.75 Å². The van der Waals surface area contributed by atoms with Crippen LogP contribution in [0.15, 0.2) is 46.3 Å². The van der Waals surface area contributed by atoms with Gasteiger partial charge in [0.05, 0.1) is 11.5 Å². The van der Waals surface area contributed by atoms with Crippen molar-refractivity contribution in [1.29, 1.82) is 0 Å². The molecule has 3 rings (SSSR count). The van der Waals surface area contributed by atoms with Crippen molar-refractivity contribution in [3.63, 3.8) is 0 Å². The number of nitrogens with one attached hydrogen (secondary N) is 1. The third-order valence-corrected chi connectivity index (χ3v) is 4.32. The van der Waals surface area contributed by atoms with Crippen molar-refractivity contribution < 1.29 is 14.1 Å². The van der Waals surface area contributed by atoms with Crippen LogP contribution < -0.4 is 10.1 Å². The van der Waals surface area contributed by atoms with Crippen LogP contribution in [0.25, 0.3) is 10.7 Å². The number of thiophene rings is 1. The summed E-state index contributed by atoms with van der Waals surface area (Å²) in [5.41, 5.74) is 0.756. The minimum absolute atomic E-state index is 0.0397. The lowest BCUT2D eigenvalue weighted by Crippen LogP contribution is -2.11. The molecule has 0 saturated heterocycles. The molecule has 1 amide bonds. The van der Waals surface area contributed by atoms with Gasteiger partial charge in [0.2, 0.25) is 17.6 Å². The topological polar surface area (TPSA) is 77.2 Å². The molecule has 0 fully saturated rings. The summed E-state index contributed by atoms with van der Waals surface area (Å²) >= 11 is 1.57. The second kappa shape index (κ2) is 8.43. The summed E-state index contributed by atoms with van der Waals surface area (Å²) in [5, 5.41) is 8.79. The van der Waals surface area contributed by atoms with Crippen molar-refractivity contribution in [2.24, 2.45) is 0 Å². The summed E-state index contributed by atoms with van der Waals surface area (Å²) in [6.07, 6.45) is 1.62. The van der Waals surface area contributed by atoms with E-state index < -0.39 is 0 Å². The quantitative estimate of drug-likeness (QED) is 0.655. The zero-order valence-corrected chi connectivity index (χ0v) is 14.7. The molecule has 2 heterocycles. The van der Waals surface area contributed by atoms with Crippen LogP contribution in [0, 0.1) is 0 Å². The maximum atomic E-state index is 12.0. The van der Waals surface area contributed by atoms with Crippen LogP contribution in [0.5, 0.6) is 5.75 Å². The molecule has 0 aliphatic heterocycles. The molecule has 0 radical (unpaired) electrons. The van der Waals surface area contributed by atoms with Gasteiger partial charge >= 0.3 is 0 Å². The molecule has 0 spiro atoms. The van der Waals surface area contributed by atoms with Crippen LogP contribution in [0.2, 0.25) is 0 Å². The van der Waals surface area contributed by atoms with E-state index in [0.29, 0.717) is 37.6 Å². The van der Waals surface area contributed by atoms with E-state index >= 15 is 0 Å². The highest BCUT2D eigenvalue weighted by molar-refractivity contribution is 7.13. The summed E-state index contributed by atoms with van der Waals surface area (Å²) in [6, 6.07) is 11.2. The molecular weight excluding hydrogens is 338 g/mol. The number of benzene rings is 1. The fraction of sp³-hybridized carbons (Fsp3) is 0.278. The highest BCUT2D eigenvalue weighted by Gasteiger charge is 2.10. The highest BCUT2D eigenvalue weighted by atomic mass is 32.1. The third-order valence-electron chi connectivity index (χ3n) is 3.45. The first-order valence-electron chi connectivity index (χ1n) is 8.14. The Morgan fingerprint density at radius 1 is 1.28 bits per heavy atom. The SMILES string of the molecule is CCOc1ccc(NC(=O)CCCc2nc(-c3cccs3)no2)cc1. The fourth-order valence-corrected chi connectivity index (χ4v) is 2.94. The molecule has 0 aliphatic rings. The summed E-state index contributed by atoms with van der Waals surface area (Å²) in [4.78, 5) is 17.3. The number of nitrogens with zero attached hydrogens (tertiary/aromatic N) is 2.